The average molecular weight is 558 g/mol. The number of carbonyl (C=O) groups is 3. The Morgan fingerprint density at radius 2 is 1.51 bits per heavy atom. The van der Waals surface area contributed by atoms with Crippen LogP contribution >= 0.6 is 0 Å². The van der Waals surface area contributed by atoms with Crippen molar-refractivity contribution < 1.29 is 29.0 Å². The van der Waals surface area contributed by atoms with Crippen molar-refractivity contribution in [3.63, 3.8) is 0 Å². The molecule has 41 heavy (non-hydrogen) atoms. The van der Waals surface area contributed by atoms with Crippen LogP contribution < -0.4 is 10.6 Å². The fourth-order valence-corrected chi connectivity index (χ4v) is 5.78. The second-order valence-electron chi connectivity index (χ2n) is 10.6. The van der Waals surface area contributed by atoms with Crippen molar-refractivity contribution >= 4 is 18.0 Å². The fraction of sp³-hybridized carbons (Fsp3) is 0.344. The topological polar surface area (TPSA) is 117 Å². The molecule has 1 unspecified atom stereocenters. The monoisotopic (exact) mass is 557 g/mol. The molecule has 5 rings (SSSR count). The molecule has 3 aromatic rings. The summed E-state index contributed by atoms with van der Waals surface area (Å²) in [6.45, 7) is 1.69. The normalized spacial score (nSPS) is 16.7. The van der Waals surface area contributed by atoms with E-state index < -0.39 is 29.6 Å². The van der Waals surface area contributed by atoms with Gasteiger partial charge in [0.2, 0.25) is 5.91 Å². The van der Waals surface area contributed by atoms with Gasteiger partial charge in [0.1, 0.15) is 18.2 Å². The molecular weight excluding hydrogens is 522 g/mol. The van der Waals surface area contributed by atoms with E-state index in [1.165, 1.54) is 7.11 Å². The van der Waals surface area contributed by atoms with Gasteiger partial charge in [-0.15, -0.1) is 0 Å². The van der Waals surface area contributed by atoms with E-state index in [2.05, 4.69) is 27.7 Å². The first-order valence-corrected chi connectivity index (χ1v) is 13.8. The molecule has 1 atom stereocenters. The van der Waals surface area contributed by atoms with Gasteiger partial charge in [-0.1, -0.05) is 78.9 Å². The number of aliphatic carboxylic acids is 1. The summed E-state index contributed by atoms with van der Waals surface area (Å²) in [7, 11) is 1.41. The summed E-state index contributed by atoms with van der Waals surface area (Å²) in [5, 5.41) is 15.4. The third kappa shape index (κ3) is 6.26. The number of carboxylic acids is 1. The lowest BCUT2D eigenvalue weighted by atomic mass is 9.87. The predicted molar refractivity (Wildman–Crippen MR) is 153 cm³/mol. The van der Waals surface area contributed by atoms with E-state index in [1.54, 1.807) is 0 Å². The zero-order chi connectivity index (χ0) is 28.8. The molecule has 9 nitrogen and oxygen atoms in total. The Morgan fingerprint density at radius 1 is 0.927 bits per heavy atom. The van der Waals surface area contributed by atoms with Crippen LogP contribution in [0, 0.1) is 0 Å². The summed E-state index contributed by atoms with van der Waals surface area (Å²) < 4.78 is 10.8. The van der Waals surface area contributed by atoms with Crippen LogP contribution in [0.2, 0.25) is 0 Å². The van der Waals surface area contributed by atoms with E-state index in [-0.39, 0.29) is 32.0 Å². The van der Waals surface area contributed by atoms with Crippen LogP contribution in [-0.4, -0.2) is 73.0 Å². The number of hydrogen-bond acceptors (Lipinski definition) is 6. The predicted octanol–water partition coefficient (Wildman–Crippen LogP) is 3.78. The first-order chi connectivity index (χ1) is 19.9. The number of fused-ring (bicyclic) bond motifs is 3. The second-order valence-corrected chi connectivity index (χ2v) is 10.6. The largest absolute Gasteiger partial charge is 0.480 e. The molecule has 214 valence electrons. The lowest BCUT2D eigenvalue weighted by Gasteiger charge is -2.40. The minimum absolute atomic E-state index is 0.0947. The van der Waals surface area contributed by atoms with Crippen molar-refractivity contribution in [1.82, 2.24) is 15.5 Å². The molecule has 0 spiro atoms. The van der Waals surface area contributed by atoms with E-state index in [4.69, 9.17) is 9.47 Å². The van der Waals surface area contributed by atoms with Crippen LogP contribution in [0.4, 0.5) is 4.79 Å². The lowest BCUT2D eigenvalue weighted by molar-refractivity contribution is -0.150. The van der Waals surface area contributed by atoms with Crippen molar-refractivity contribution in [2.75, 3.05) is 33.4 Å². The Hall–Kier alpha value is -4.21. The number of nitrogens with zero attached hydrogens (tertiary/aromatic N) is 1. The maximum Gasteiger partial charge on any atom is 0.407 e. The molecule has 1 saturated heterocycles. The first-order valence-electron chi connectivity index (χ1n) is 13.8. The number of ether oxygens (including phenoxy) is 2. The van der Waals surface area contributed by atoms with Gasteiger partial charge in [0.25, 0.3) is 0 Å². The molecule has 2 amide bonds. The molecule has 1 fully saturated rings. The third-order valence-corrected chi connectivity index (χ3v) is 8.02. The van der Waals surface area contributed by atoms with Crippen LogP contribution in [-0.2, 0) is 25.6 Å². The molecule has 0 aromatic heterocycles. The Morgan fingerprint density at radius 3 is 2.10 bits per heavy atom. The quantitative estimate of drug-likeness (QED) is 0.347. The van der Waals surface area contributed by atoms with Gasteiger partial charge in [0.15, 0.2) is 0 Å². The molecule has 0 saturated carbocycles. The maximum atomic E-state index is 13.3. The summed E-state index contributed by atoms with van der Waals surface area (Å²) in [6.07, 6.45) is -0.289. The minimum atomic E-state index is -1.43. The van der Waals surface area contributed by atoms with Gasteiger partial charge in [0.05, 0.1) is 6.61 Å². The third-order valence-electron chi connectivity index (χ3n) is 8.02. The highest BCUT2D eigenvalue weighted by atomic mass is 16.5. The van der Waals surface area contributed by atoms with Gasteiger partial charge >= 0.3 is 12.1 Å². The van der Waals surface area contributed by atoms with Crippen LogP contribution in [0.15, 0.2) is 78.9 Å². The first kappa shape index (κ1) is 28.3. The highest BCUT2D eigenvalue weighted by Crippen LogP contribution is 2.44. The standard InChI is InChI=1S/C32H35N3O6/c1-40-21-28(29(36)34-32(30(37)38)15-17-35(18-16-32)19-22-9-3-2-4-10-22)33-31(39)41-20-27-25-13-7-5-11-23(25)24-12-6-8-14-26(24)27/h2-14,27-28H,15-21H2,1H3,(H,33,39)(H,34,36)(H,37,38). The highest BCUT2D eigenvalue weighted by molar-refractivity contribution is 5.91. The average Bonchev–Trinajstić information content (AvgIpc) is 3.31. The van der Waals surface area contributed by atoms with Gasteiger partial charge in [-0.25, -0.2) is 9.59 Å². The molecule has 3 aromatic carbocycles. The molecule has 2 aliphatic rings. The number of carboxylic acid groups (broad SMARTS) is 1. The molecular formula is C32H35N3O6. The summed E-state index contributed by atoms with van der Waals surface area (Å²) in [5.74, 6) is -1.85. The molecule has 3 N–H and O–H groups in total. The molecule has 1 heterocycles. The molecule has 0 radical (unpaired) electrons. The number of nitrogens with one attached hydrogen (secondary N) is 2. The summed E-state index contributed by atoms with van der Waals surface area (Å²) in [5.41, 5.74) is 4.10. The van der Waals surface area contributed by atoms with Crippen molar-refractivity contribution in [2.45, 2.75) is 36.9 Å². The SMILES string of the molecule is COCC(NC(=O)OCC1c2ccccc2-c2ccccc21)C(=O)NC1(C(=O)O)CCN(Cc2ccccc2)CC1. The number of piperidine rings is 1. The van der Waals surface area contributed by atoms with Gasteiger partial charge in [-0.2, -0.15) is 0 Å². The highest BCUT2D eigenvalue weighted by Gasteiger charge is 2.44. The fourth-order valence-electron chi connectivity index (χ4n) is 5.78. The number of benzene rings is 3. The Balaban J connectivity index is 1.19. The smallest absolute Gasteiger partial charge is 0.407 e. The number of amides is 2. The molecule has 1 aliphatic carbocycles. The summed E-state index contributed by atoms with van der Waals surface area (Å²) in [6, 6.07) is 24.9. The van der Waals surface area contributed by atoms with Gasteiger partial charge < -0.3 is 25.2 Å². The lowest BCUT2D eigenvalue weighted by Crippen LogP contribution is -2.63. The Kier molecular flexibility index (Phi) is 8.66. The van der Waals surface area contributed by atoms with Crippen LogP contribution in [0.1, 0.15) is 35.4 Å². The van der Waals surface area contributed by atoms with Crippen molar-refractivity contribution in [3.8, 4) is 11.1 Å². The zero-order valence-electron chi connectivity index (χ0n) is 23.0. The van der Waals surface area contributed by atoms with E-state index in [1.807, 2.05) is 66.7 Å². The van der Waals surface area contributed by atoms with Crippen LogP contribution in [0.25, 0.3) is 11.1 Å². The van der Waals surface area contributed by atoms with Gasteiger partial charge in [-0.3, -0.25) is 9.69 Å². The van der Waals surface area contributed by atoms with E-state index >= 15 is 0 Å². The Labute approximate surface area is 239 Å². The van der Waals surface area contributed by atoms with Crippen LogP contribution in [0.5, 0.6) is 0 Å². The zero-order valence-corrected chi connectivity index (χ0v) is 23.0. The van der Waals surface area contributed by atoms with Crippen LogP contribution in [0.3, 0.4) is 0 Å². The van der Waals surface area contributed by atoms with Crippen molar-refractivity contribution in [1.29, 1.82) is 0 Å². The number of rotatable bonds is 10. The second kappa shape index (κ2) is 12.5. The maximum absolute atomic E-state index is 13.3. The Bertz CT molecular complexity index is 1340. The van der Waals surface area contributed by atoms with E-state index in [0.717, 1.165) is 27.8 Å². The van der Waals surface area contributed by atoms with Crippen molar-refractivity contribution in [2.24, 2.45) is 0 Å². The summed E-state index contributed by atoms with van der Waals surface area (Å²) >= 11 is 0. The minimum Gasteiger partial charge on any atom is -0.480 e. The molecule has 9 heteroatoms. The van der Waals surface area contributed by atoms with E-state index in [0.29, 0.717) is 19.6 Å². The number of likely N-dealkylation sites (tertiary alicyclic amines) is 1. The number of hydrogen-bond donors (Lipinski definition) is 3. The molecule has 0 bridgehead atoms. The van der Waals surface area contributed by atoms with Crippen molar-refractivity contribution in [3.05, 3.63) is 95.6 Å². The number of alkyl carbamates (subject to hydrolysis) is 1. The molecule has 1 aliphatic heterocycles. The summed E-state index contributed by atoms with van der Waals surface area (Å²) in [4.78, 5) is 40.6. The van der Waals surface area contributed by atoms with E-state index in [9.17, 15) is 19.5 Å². The van der Waals surface area contributed by atoms with Gasteiger partial charge in [-0.05, 0) is 40.7 Å². The number of carbonyl (C=O) groups excluding carboxylic acids is 2. The number of methoxy groups -OCH3 is 1. The van der Waals surface area contributed by atoms with Gasteiger partial charge in [0, 0.05) is 32.7 Å².